The third-order valence-electron chi connectivity index (χ3n) is 3.17. The van der Waals surface area contributed by atoms with Crippen LogP contribution in [0.1, 0.15) is 36.9 Å². The fourth-order valence-electron chi connectivity index (χ4n) is 1.74. The van der Waals surface area contributed by atoms with Gasteiger partial charge in [-0.15, -0.1) is 0 Å². The maximum Gasteiger partial charge on any atom is 0.291 e. The Morgan fingerprint density at radius 1 is 1.09 bits per heavy atom. The van der Waals surface area contributed by atoms with Crippen LogP contribution in [-0.2, 0) is 4.79 Å². The van der Waals surface area contributed by atoms with Gasteiger partial charge in [-0.25, -0.2) is 0 Å². The van der Waals surface area contributed by atoms with Crippen molar-refractivity contribution in [2.45, 2.75) is 27.7 Å². The summed E-state index contributed by atoms with van der Waals surface area (Å²) in [6.45, 7) is 7.44. The van der Waals surface area contributed by atoms with E-state index in [-0.39, 0.29) is 17.6 Å². The highest BCUT2D eigenvalue weighted by molar-refractivity contribution is 6.03. The Bertz CT molecular complexity index is 682. The summed E-state index contributed by atoms with van der Waals surface area (Å²) in [5.74, 6) is -0.173. The molecule has 0 radical (unpaired) electrons. The van der Waals surface area contributed by atoms with Crippen molar-refractivity contribution < 1.29 is 14.0 Å². The number of carbonyl (C=O) groups is 2. The smallest absolute Gasteiger partial charge is 0.291 e. The van der Waals surface area contributed by atoms with E-state index in [1.165, 1.54) is 6.26 Å². The van der Waals surface area contributed by atoms with Crippen LogP contribution in [0, 0.1) is 12.3 Å². The van der Waals surface area contributed by atoms with Crippen LogP contribution < -0.4 is 10.6 Å². The standard InChI is InChI=1S/C17H20N2O3/c1-11-7-8-12(18-15(20)14-6-5-9-22-14)10-13(11)19-16(21)17(2,3)4/h5-10H,1-4H3,(H,18,20)(H,19,21). The van der Waals surface area contributed by atoms with Crippen LogP contribution in [0.4, 0.5) is 11.4 Å². The first kappa shape index (κ1) is 15.8. The van der Waals surface area contributed by atoms with E-state index in [0.29, 0.717) is 11.4 Å². The molecular weight excluding hydrogens is 280 g/mol. The number of nitrogens with one attached hydrogen (secondary N) is 2. The van der Waals surface area contributed by atoms with Crippen LogP contribution in [0.3, 0.4) is 0 Å². The molecule has 2 N–H and O–H groups in total. The first-order valence-electron chi connectivity index (χ1n) is 7.04. The molecule has 1 heterocycles. The van der Waals surface area contributed by atoms with E-state index in [9.17, 15) is 9.59 Å². The normalized spacial score (nSPS) is 11.1. The van der Waals surface area contributed by atoms with Gasteiger partial charge in [0.1, 0.15) is 0 Å². The van der Waals surface area contributed by atoms with E-state index in [0.717, 1.165) is 5.56 Å². The molecule has 0 aliphatic rings. The fraction of sp³-hybridized carbons (Fsp3) is 0.294. The molecule has 2 amide bonds. The van der Waals surface area contributed by atoms with Crippen molar-refractivity contribution in [3.05, 3.63) is 47.9 Å². The minimum atomic E-state index is -0.486. The van der Waals surface area contributed by atoms with Crippen LogP contribution in [0.25, 0.3) is 0 Å². The Morgan fingerprint density at radius 2 is 1.82 bits per heavy atom. The molecule has 0 aliphatic heterocycles. The number of furan rings is 1. The zero-order valence-electron chi connectivity index (χ0n) is 13.2. The molecule has 22 heavy (non-hydrogen) atoms. The van der Waals surface area contributed by atoms with E-state index < -0.39 is 5.41 Å². The number of hydrogen-bond donors (Lipinski definition) is 2. The van der Waals surface area contributed by atoms with E-state index in [4.69, 9.17) is 4.42 Å². The lowest BCUT2D eigenvalue weighted by atomic mass is 9.95. The third kappa shape index (κ3) is 3.75. The molecule has 0 bridgehead atoms. The highest BCUT2D eigenvalue weighted by atomic mass is 16.3. The van der Waals surface area contributed by atoms with Gasteiger partial charge in [-0.05, 0) is 36.8 Å². The Hall–Kier alpha value is -2.56. The molecule has 0 atom stereocenters. The lowest BCUT2D eigenvalue weighted by Gasteiger charge is -2.19. The third-order valence-corrected chi connectivity index (χ3v) is 3.17. The summed E-state index contributed by atoms with van der Waals surface area (Å²) in [6.07, 6.45) is 1.44. The van der Waals surface area contributed by atoms with Crippen molar-refractivity contribution in [2.24, 2.45) is 5.41 Å². The Labute approximate surface area is 129 Å². The summed E-state index contributed by atoms with van der Waals surface area (Å²) in [5, 5.41) is 5.62. The number of anilines is 2. The highest BCUT2D eigenvalue weighted by Crippen LogP contribution is 2.24. The van der Waals surface area contributed by atoms with Crippen LogP contribution in [-0.4, -0.2) is 11.8 Å². The first-order valence-corrected chi connectivity index (χ1v) is 7.04. The Kier molecular flexibility index (Phi) is 4.35. The van der Waals surface area contributed by atoms with Crippen molar-refractivity contribution in [1.82, 2.24) is 0 Å². The molecule has 0 fully saturated rings. The minimum absolute atomic E-state index is 0.0786. The van der Waals surface area contributed by atoms with Gasteiger partial charge >= 0.3 is 0 Å². The number of carbonyl (C=O) groups excluding carboxylic acids is 2. The van der Waals surface area contributed by atoms with Gasteiger partial charge in [0.15, 0.2) is 5.76 Å². The fourth-order valence-corrected chi connectivity index (χ4v) is 1.74. The van der Waals surface area contributed by atoms with Crippen molar-refractivity contribution in [3.63, 3.8) is 0 Å². The van der Waals surface area contributed by atoms with Crippen LogP contribution in [0.5, 0.6) is 0 Å². The number of hydrogen-bond acceptors (Lipinski definition) is 3. The maximum atomic E-state index is 12.1. The molecule has 1 aromatic heterocycles. The van der Waals surface area contributed by atoms with E-state index >= 15 is 0 Å². The molecule has 0 spiro atoms. The van der Waals surface area contributed by atoms with Crippen molar-refractivity contribution in [3.8, 4) is 0 Å². The summed E-state index contributed by atoms with van der Waals surface area (Å²) in [4.78, 5) is 24.1. The molecule has 2 rings (SSSR count). The van der Waals surface area contributed by atoms with Crippen molar-refractivity contribution in [1.29, 1.82) is 0 Å². The lowest BCUT2D eigenvalue weighted by molar-refractivity contribution is -0.123. The van der Waals surface area contributed by atoms with Gasteiger partial charge in [-0.2, -0.15) is 0 Å². The Balaban J connectivity index is 2.16. The summed E-state index contributed by atoms with van der Waals surface area (Å²) in [7, 11) is 0. The maximum absolute atomic E-state index is 12.1. The number of aryl methyl sites for hydroxylation is 1. The average molecular weight is 300 g/mol. The molecule has 5 nitrogen and oxygen atoms in total. The SMILES string of the molecule is Cc1ccc(NC(=O)c2ccco2)cc1NC(=O)C(C)(C)C. The van der Waals surface area contributed by atoms with E-state index in [2.05, 4.69) is 10.6 Å². The second kappa shape index (κ2) is 6.05. The summed E-state index contributed by atoms with van der Waals surface area (Å²) in [5.41, 5.74) is 1.71. The summed E-state index contributed by atoms with van der Waals surface area (Å²) < 4.78 is 5.05. The largest absolute Gasteiger partial charge is 0.459 e. The number of rotatable bonds is 3. The second-order valence-electron chi connectivity index (χ2n) is 6.17. The summed E-state index contributed by atoms with van der Waals surface area (Å²) in [6, 6.07) is 8.60. The summed E-state index contributed by atoms with van der Waals surface area (Å²) >= 11 is 0. The predicted octanol–water partition coefficient (Wildman–Crippen LogP) is 3.82. The monoisotopic (exact) mass is 300 g/mol. The number of benzene rings is 1. The predicted molar refractivity (Wildman–Crippen MR) is 85.9 cm³/mol. The minimum Gasteiger partial charge on any atom is -0.459 e. The molecule has 0 saturated heterocycles. The van der Waals surface area contributed by atoms with Crippen molar-refractivity contribution in [2.75, 3.05) is 10.6 Å². The number of amides is 2. The van der Waals surface area contributed by atoms with Crippen LogP contribution >= 0.6 is 0 Å². The van der Waals surface area contributed by atoms with Crippen molar-refractivity contribution >= 4 is 23.2 Å². The molecule has 2 aromatic rings. The molecular formula is C17H20N2O3. The first-order chi connectivity index (χ1) is 10.3. The van der Waals surface area contributed by atoms with Crippen LogP contribution in [0.2, 0.25) is 0 Å². The van der Waals surface area contributed by atoms with Gasteiger partial charge in [-0.3, -0.25) is 9.59 Å². The molecule has 0 aliphatic carbocycles. The zero-order valence-corrected chi connectivity index (χ0v) is 13.2. The quantitative estimate of drug-likeness (QED) is 0.905. The van der Waals surface area contributed by atoms with Gasteiger partial charge < -0.3 is 15.1 Å². The second-order valence-corrected chi connectivity index (χ2v) is 6.17. The molecule has 0 unspecified atom stereocenters. The average Bonchev–Trinajstić information content (AvgIpc) is 2.95. The molecule has 116 valence electrons. The zero-order chi connectivity index (χ0) is 16.3. The Morgan fingerprint density at radius 3 is 2.41 bits per heavy atom. The highest BCUT2D eigenvalue weighted by Gasteiger charge is 2.21. The van der Waals surface area contributed by atoms with E-state index in [1.807, 2.05) is 33.8 Å². The van der Waals surface area contributed by atoms with Gasteiger partial charge in [-0.1, -0.05) is 26.8 Å². The van der Waals surface area contributed by atoms with Crippen LogP contribution in [0.15, 0.2) is 41.0 Å². The topological polar surface area (TPSA) is 71.3 Å². The van der Waals surface area contributed by atoms with Gasteiger partial charge in [0.2, 0.25) is 5.91 Å². The lowest BCUT2D eigenvalue weighted by Crippen LogP contribution is -2.28. The molecule has 0 saturated carbocycles. The van der Waals surface area contributed by atoms with Gasteiger partial charge in [0.25, 0.3) is 5.91 Å². The molecule has 5 heteroatoms. The molecule has 1 aromatic carbocycles. The van der Waals surface area contributed by atoms with E-state index in [1.54, 1.807) is 24.3 Å². The van der Waals surface area contributed by atoms with Gasteiger partial charge in [0.05, 0.1) is 6.26 Å². The van der Waals surface area contributed by atoms with Gasteiger partial charge in [0, 0.05) is 16.8 Å².